The topological polar surface area (TPSA) is 73.2 Å². The van der Waals surface area contributed by atoms with Crippen molar-refractivity contribution in [3.05, 3.63) is 52.8 Å². The van der Waals surface area contributed by atoms with E-state index in [4.69, 9.17) is 16.3 Å². The average Bonchev–Trinajstić information content (AvgIpc) is 3.29. The number of aromatic nitrogens is 2. The van der Waals surface area contributed by atoms with Gasteiger partial charge < -0.3 is 10.1 Å². The van der Waals surface area contributed by atoms with Crippen LogP contribution < -0.4 is 5.32 Å². The molecule has 0 spiro atoms. The number of benzene rings is 1. The maximum absolute atomic E-state index is 12.1. The molecule has 0 radical (unpaired) electrons. The predicted molar refractivity (Wildman–Crippen MR) is 108 cm³/mol. The van der Waals surface area contributed by atoms with E-state index < -0.39 is 12.1 Å². The summed E-state index contributed by atoms with van der Waals surface area (Å²) in [6, 6.07) is 9.68. The van der Waals surface area contributed by atoms with Gasteiger partial charge in [-0.05, 0) is 44.9 Å². The van der Waals surface area contributed by atoms with Gasteiger partial charge in [0.1, 0.15) is 5.15 Å². The lowest BCUT2D eigenvalue weighted by atomic mass is 10.2. The molecular formula is C21H24ClN3O3. The van der Waals surface area contributed by atoms with Gasteiger partial charge in [-0.1, -0.05) is 42.6 Å². The minimum Gasteiger partial charge on any atom is -0.449 e. The second-order valence-electron chi connectivity index (χ2n) is 6.94. The first-order chi connectivity index (χ1) is 13.5. The second-order valence-corrected chi connectivity index (χ2v) is 7.30. The Kier molecular flexibility index (Phi) is 6.52. The molecule has 1 N–H and O–H groups in total. The van der Waals surface area contributed by atoms with Crippen molar-refractivity contribution in [1.82, 2.24) is 15.1 Å². The predicted octanol–water partition coefficient (Wildman–Crippen LogP) is 3.84. The maximum Gasteiger partial charge on any atom is 0.331 e. The fourth-order valence-corrected chi connectivity index (χ4v) is 3.58. The van der Waals surface area contributed by atoms with Crippen molar-refractivity contribution < 1.29 is 14.3 Å². The maximum atomic E-state index is 12.1. The average molecular weight is 402 g/mol. The van der Waals surface area contributed by atoms with Crippen molar-refractivity contribution >= 4 is 29.6 Å². The Balaban J connectivity index is 1.62. The van der Waals surface area contributed by atoms with Crippen LogP contribution in [0, 0.1) is 6.92 Å². The number of rotatable bonds is 6. The summed E-state index contributed by atoms with van der Waals surface area (Å²) >= 11 is 6.43. The molecule has 0 aliphatic heterocycles. The number of hydrogen-bond acceptors (Lipinski definition) is 4. The number of ether oxygens (including phenoxy) is 1. The van der Waals surface area contributed by atoms with Crippen molar-refractivity contribution in [1.29, 1.82) is 0 Å². The van der Waals surface area contributed by atoms with Gasteiger partial charge in [-0.15, -0.1) is 0 Å². The first-order valence-electron chi connectivity index (χ1n) is 9.45. The fraction of sp³-hybridized carbons (Fsp3) is 0.381. The number of hydrogen-bond donors (Lipinski definition) is 1. The normalized spacial score (nSPS) is 15.7. The molecule has 1 saturated carbocycles. The minimum atomic E-state index is -0.846. The summed E-state index contributed by atoms with van der Waals surface area (Å²) in [5, 5.41) is 7.75. The SMILES string of the molecule is Cc1nn(-c2ccccc2)c(Cl)c1/C=C/C(=O)O[C@@H](C)C(=O)NC1CCCC1. The number of nitrogens with zero attached hydrogens (tertiary/aromatic N) is 2. The third kappa shape index (κ3) is 4.81. The summed E-state index contributed by atoms with van der Waals surface area (Å²) < 4.78 is 6.82. The molecule has 28 heavy (non-hydrogen) atoms. The summed E-state index contributed by atoms with van der Waals surface area (Å²) in [4.78, 5) is 24.2. The Morgan fingerprint density at radius 1 is 1.29 bits per heavy atom. The van der Waals surface area contributed by atoms with Crippen LogP contribution in [0.5, 0.6) is 0 Å². The van der Waals surface area contributed by atoms with Gasteiger partial charge in [-0.3, -0.25) is 4.79 Å². The third-order valence-corrected chi connectivity index (χ3v) is 5.16. The summed E-state index contributed by atoms with van der Waals surface area (Å²) in [6.07, 6.45) is 6.20. The molecule has 1 amide bonds. The van der Waals surface area contributed by atoms with Gasteiger partial charge in [-0.2, -0.15) is 5.10 Å². The molecule has 0 saturated heterocycles. The van der Waals surface area contributed by atoms with Crippen molar-refractivity contribution in [2.24, 2.45) is 0 Å². The van der Waals surface area contributed by atoms with E-state index in [-0.39, 0.29) is 11.9 Å². The van der Waals surface area contributed by atoms with E-state index in [1.54, 1.807) is 17.7 Å². The number of para-hydroxylation sites is 1. The molecule has 1 aromatic heterocycles. The van der Waals surface area contributed by atoms with Gasteiger partial charge >= 0.3 is 5.97 Å². The smallest absolute Gasteiger partial charge is 0.331 e. The molecule has 1 atom stereocenters. The Morgan fingerprint density at radius 2 is 1.96 bits per heavy atom. The van der Waals surface area contributed by atoms with Gasteiger partial charge in [0.15, 0.2) is 6.10 Å². The quantitative estimate of drug-likeness (QED) is 0.589. The highest BCUT2D eigenvalue weighted by Crippen LogP contribution is 2.24. The molecule has 1 aromatic carbocycles. The van der Waals surface area contributed by atoms with E-state index >= 15 is 0 Å². The van der Waals surface area contributed by atoms with Crippen LogP contribution in [0.15, 0.2) is 36.4 Å². The first kappa shape index (κ1) is 20.1. The number of amides is 1. The minimum absolute atomic E-state index is 0.189. The Bertz CT molecular complexity index is 871. The van der Waals surface area contributed by atoms with E-state index in [0.29, 0.717) is 16.4 Å². The second kappa shape index (κ2) is 9.06. The van der Waals surface area contributed by atoms with Gasteiger partial charge in [0.2, 0.25) is 0 Å². The van der Waals surface area contributed by atoms with Gasteiger partial charge in [0.05, 0.1) is 11.4 Å². The number of halogens is 1. The standard InChI is InChI=1S/C21H24ClN3O3/c1-14-18(20(22)25(24-14)17-10-4-3-5-11-17)12-13-19(26)28-15(2)21(27)23-16-8-6-7-9-16/h3-5,10-13,15-16H,6-9H2,1-2H3,(H,23,27)/b13-12+/t15-/m0/s1. The van der Waals surface area contributed by atoms with Gasteiger partial charge in [-0.25, -0.2) is 9.48 Å². The van der Waals surface area contributed by atoms with Gasteiger partial charge in [0, 0.05) is 17.7 Å². The van der Waals surface area contributed by atoms with Crippen LogP contribution in [0.2, 0.25) is 5.15 Å². The van der Waals surface area contributed by atoms with Crippen LogP contribution in [0.25, 0.3) is 11.8 Å². The lowest BCUT2D eigenvalue weighted by molar-refractivity contribution is -0.150. The number of nitrogens with one attached hydrogen (secondary N) is 1. The van der Waals surface area contributed by atoms with Gasteiger partial charge in [0.25, 0.3) is 5.91 Å². The third-order valence-electron chi connectivity index (χ3n) is 4.80. The summed E-state index contributed by atoms with van der Waals surface area (Å²) in [7, 11) is 0. The monoisotopic (exact) mass is 401 g/mol. The zero-order valence-corrected chi connectivity index (χ0v) is 16.8. The lowest BCUT2D eigenvalue weighted by Crippen LogP contribution is -2.40. The van der Waals surface area contributed by atoms with Crippen molar-refractivity contribution in [3.8, 4) is 5.69 Å². The van der Waals surface area contributed by atoms with Crippen LogP contribution in [0.4, 0.5) is 0 Å². The van der Waals surface area contributed by atoms with E-state index in [0.717, 1.165) is 31.4 Å². The highest BCUT2D eigenvalue weighted by Gasteiger charge is 2.22. The molecule has 1 heterocycles. The highest BCUT2D eigenvalue weighted by atomic mass is 35.5. The number of esters is 1. The van der Waals surface area contributed by atoms with Crippen molar-refractivity contribution in [2.45, 2.75) is 51.7 Å². The number of aryl methyl sites for hydroxylation is 1. The molecule has 1 aliphatic rings. The van der Waals surface area contributed by atoms with E-state index in [1.165, 1.54) is 6.08 Å². The Labute approximate surface area is 169 Å². The molecule has 6 nitrogen and oxygen atoms in total. The molecule has 7 heteroatoms. The van der Waals surface area contributed by atoms with Crippen molar-refractivity contribution in [3.63, 3.8) is 0 Å². The van der Waals surface area contributed by atoms with E-state index in [9.17, 15) is 9.59 Å². The Morgan fingerprint density at radius 3 is 2.64 bits per heavy atom. The fourth-order valence-electron chi connectivity index (χ4n) is 3.25. The summed E-state index contributed by atoms with van der Waals surface area (Å²) in [5.74, 6) is -0.864. The molecule has 0 bridgehead atoms. The Hall–Kier alpha value is -2.60. The van der Waals surface area contributed by atoms with E-state index in [2.05, 4.69) is 10.4 Å². The number of carbonyl (C=O) groups is 2. The summed E-state index contributed by atoms with van der Waals surface area (Å²) in [5.41, 5.74) is 2.14. The van der Waals surface area contributed by atoms with Crippen LogP contribution in [0.3, 0.4) is 0 Å². The molecule has 2 aromatic rings. The molecule has 1 aliphatic carbocycles. The van der Waals surface area contributed by atoms with Crippen molar-refractivity contribution in [2.75, 3.05) is 0 Å². The van der Waals surface area contributed by atoms with Crippen LogP contribution in [-0.2, 0) is 14.3 Å². The number of carbonyl (C=O) groups excluding carboxylic acids is 2. The van der Waals surface area contributed by atoms with Crippen LogP contribution in [-0.4, -0.2) is 33.8 Å². The molecule has 148 valence electrons. The van der Waals surface area contributed by atoms with Crippen LogP contribution in [0.1, 0.15) is 43.9 Å². The highest BCUT2D eigenvalue weighted by molar-refractivity contribution is 6.31. The molecular weight excluding hydrogens is 378 g/mol. The largest absolute Gasteiger partial charge is 0.449 e. The molecule has 1 fully saturated rings. The first-order valence-corrected chi connectivity index (χ1v) is 9.83. The zero-order chi connectivity index (χ0) is 20.1. The zero-order valence-electron chi connectivity index (χ0n) is 16.0. The molecule has 0 unspecified atom stereocenters. The van der Waals surface area contributed by atoms with E-state index in [1.807, 2.05) is 37.3 Å². The van der Waals surface area contributed by atoms with Crippen LogP contribution >= 0.6 is 11.6 Å². The summed E-state index contributed by atoms with van der Waals surface area (Å²) in [6.45, 7) is 3.38. The molecule has 3 rings (SSSR count). The lowest BCUT2D eigenvalue weighted by Gasteiger charge is -2.16.